The van der Waals surface area contributed by atoms with Gasteiger partial charge < -0.3 is 24.7 Å². The van der Waals surface area contributed by atoms with E-state index in [1.54, 1.807) is 12.0 Å². The van der Waals surface area contributed by atoms with Crippen molar-refractivity contribution < 1.29 is 24.5 Å². The molecule has 0 unspecified atom stereocenters. The van der Waals surface area contributed by atoms with Crippen molar-refractivity contribution in [2.24, 2.45) is 0 Å². The molecule has 0 aromatic rings. The summed E-state index contributed by atoms with van der Waals surface area (Å²) < 4.78 is 4.95. The molecular formula is C12H22N2O5. The number of methoxy groups -OCH3 is 1. The Morgan fingerprint density at radius 3 is 2.58 bits per heavy atom. The summed E-state index contributed by atoms with van der Waals surface area (Å²) in [5, 5.41) is 18.7. The van der Waals surface area contributed by atoms with Crippen LogP contribution in [-0.4, -0.2) is 77.0 Å². The lowest BCUT2D eigenvalue weighted by Gasteiger charge is -2.32. The second-order valence-corrected chi connectivity index (χ2v) is 4.96. The molecule has 0 aromatic carbocycles. The molecule has 7 nitrogen and oxygen atoms in total. The Morgan fingerprint density at radius 1 is 1.47 bits per heavy atom. The van der Waals surface area contributed by atoms with Crippen LogP contribution in [0.15, 0.2) is 0 Å². The van der Waals surface area contributed by atoms with Crippen molar-refractivity contribution in [3.63, 3.8) is 0 Å². The molecule has 0 spiro atoms. The number of nitrogens with zero attached hydrogens (tertiary/aromatic N) is 2. The summed E-state index contributed by atoms with van der Waals surface area (Å²) in [5.41, 5.74) is 0. The van der Waals surface area contributed by atoms with E-state index >= 15 is 0 Å². The number of β-amino-alcohol motifs (C(OH)–C–C–N with tert-alkyl or cyclic N) is 1. The van der Waals surface area contributed by atoms with Gasteiger partial charge in [-0.05, 0) is 13.8 Å². The summed E-state index contributed by atoms with van der Waals surface area (Å²) in [5.74, 6) is -1.08. The molecule has 1 heterocycles. The van der Waals surface area contributed by atoms with Crippen LogP contribution in [0.5, 0.6) is 0 Å². The van der Waals surface area contributed by atoms with Crippen molar-refractivity contribution in [3.8, 4) is 0 Å². The third kappa shape index (κ3) is 3.81. The highest BCUT2D eigenvalue weighted by Crippen LogP contribution is 2.20. The van der Waals surface area contributed by atoms with Crippen molar-refractivity contribution >= 4 is 12.0 Å². The van der Waals surface area contributed by atoms with E-state index in [0.29, 0.717) is 13.2 Å². The lowest BCUT2D eigenvalue weighted by Crippen LogP contribution is -2.51. The van der Waals surface area contributed by atoms with Crippen molar-refractivity contribution in [1.29, 1.82) is 0 Å². The highest BCUT2D eigenvalue weighted by molar-refractivity contribution is 5.83. The van der Waals surface area contributed by atoms with Gasteiger partial charge in [-0.3, -0.25) is 0 Å². The van der Waals surface area contributed by atoms with Crippen LogP contribution >= 0.6 is 0 Å². The number of carboxylic acids is 1. The van der Waals surface area contributed by atoms with Crippen LogP contribution in [-0.2, 0) is 9.53 Å². The van der Waals surface area contributed by atoms with Crippen LogP contribution in [0.1, 0.15) is 20.3 Å². The first-order valence-electron chi connectivity index (χ1n) is 6.35. The first-order chi connectivity index (χ1) is 8.88. The highest BCUT2D eigenvalue weighted by Gasteiger charge is 2.40. The molecule has 1 aliphatic heterocycles. The van der Waals surface area contributed by atoms with Crippen LogP contribution in [0, 0.1) is 0 Å². The summed E-state index contributed by atoms with van der Waals surface area (Å²) in [7, 11) is 1.54. The zero-order valence-electron chi connectivity index (χ0n) is 11.6. The molecule has 2 amide bonds. The molecule has 1 fully saturated rings. The van der Waals surface area contributed by atoms with Gasteiger partial charge in [0.25, 0.3) is 0 Å². The van der Waals surface area contributed by atoms with E-state index in [4.69, 9.17) is 9.84 Å². The van der Waals surface area contributed by atoms with Crippen molar-refractivity contribution in [2.75, 3.05) is 26.8 Å². The smallest absolute Gasteiger partial charge is 0.326 e. The van der Waals surface area contributed by atoms with E-state index in [0.717, 1.165) is 0 Å². The average Bonchev–Trinajstić information content (AvgIpc) is 2.71. The quantitative estimate of drug-likeness (QED) is 0.735. The number of carbonyl (C=O) groups excluding carboxylic acids is 1. The van der Waals surface area contributed by atoms with Crippen molar-refractivity contribution in [2.45, 2.75) is 38.5 Å². The number of aliphatic carboxylic acids is 1. The number of likely N-dealkylation sites (tertiary alicyclic amines) is 1. The molecule has 1 saturated heterocycles. The fourth-order valence-corrected chi connectivity index (χ4v) is 2.19. The Balaban J connectivity index is 2.80. The fraction of sp³-hybridized carbons (Fsp3) is 0.833. The lowest BCUT2D eigenvalue weighted by molar-refractivity contribution is -0.141. The summed E-state index contributed by atoms with van der Waals surface area (Å²) in [6.45, 7) is 4.56. The molecule has 0 aromatic heterocycles. The van der Waals surface area contributed by atoms with Gasteiger partial charge in [0.05, 0.1) is 12.7 Å². The van der Waals surface area contributed by atoms with Crippen LogP contribution < -0.4 is 0 Å². The molecule has 0 radical (unpaired) electrons. The topological polar surface area (TPSA) is 90.3 Å². The minimum absolute atomic E-state index is 0.0603. The largest absolute Gasteiger partial charge is 0.480 e. The van der Waals surface area contributed by atoms with E-state index in [2.05, 4.69) is 0 Å². The highest BCUT2D eigenvalue weighted by atomic mass is 16.5. The number of rotatable bonds is 5. The van der Waals surface area contributed by atoms with Gasteiger partial charge in [0.2, 0.25) is 0 Å². The number of hydrogen-bond donors (Lipinski definition) is 2. The molecule has 0 aliphatic carbocycles. The Morgan fingerprint density at radius 2 is 2.11 bits per heavy atom. The number of ether oxygens (including phenoxy) is 1. The predicted octanol–water partition coefficient (Wildman–Crippen LogP) is -0.0170. The number of urea groups is 1. The minimum atomic E-state index is -1.08. The maximum Gasteiger partial charge on any atom is 0.326 e. The van der Waals surface area contributed by atoms with Crippen LogP contribution in [0.25, 0.3) is 0 Å². The number of carbonyl (C=O) groups is 2. The van der Waals surface area contributed by atoms with Gasteiger partial charge in [0.1, 0.15) is 6.04 Å². The summed E-state index contributed by atoms with van der Waals surface area (Å²) in [4.78, 5) is 26.3. The molecular weight excluding hydrogens is 252 g/mol. The molecule has 0 bridgehead atoms. The molecule has 1 rings (SSSR count). The number of aliphatic hydroxyl groups excluding tert-OH is 1. The fourth-order valence-electron chi connectivity index (χ4n) is 2.19. The maximum atomic E-state index is 12.4. The zero-order chi connectivity index (χ0) is 14.6. The molecule has 7 heteroatoms. The van der Waals surface area contributed by atoms with Crippen LogP contribution in [0.2, 0.25) is 0 Å². The van der Waals surface area contributed by atoms with Crippen molar-refractivity contribution in [3.05, 3.63) is 0 Å². The minimum Gasteiger partial charge on any atom is -0.480 e. The summed E-state index contributed by atoms with van der Waals surface area (Å²) in [6.07, 6.45) is -0.696. The molecule has 1 aliphatic rings. The van der Waals surface area contributed by atoms with Gasteiger partial charge >= 0.3 is 12.0 Å². The monoisotopic (exact) mass is 274 g/mol. The van der Waals surface area contributed by atoms with E-state index in [9.17, 15) is 14.7 Å². The van der Waals surface area contributed by atoms with Gasteiger partial charge in [-0.25, -0.2) is 9.59 Å². The van der Waals surface area contributed by atoms with Crippen LogP contribution in [0.3, 0.4) is 0 Å². The number of hydrogen-bond acceptors (Lipinski definition) is 4. The third-order valence-corrected chi connectivity index (χ3v) is 3.22. The van der Waals surface area contributed by atoms with Gasteiger partial charge in [0, 0.05) is 32.7 Å². The van der Waals surface area contributed by atoms with E-state index in [-0.39, 0.29) is 25.0 Å². The Kier molecular flexibility index (Phi) is 5.56. The second-order valence-electron chi connectivity index (χ2n) is 4.96. The first-order valence-corrected chi connectivity index (χ1v) is 6.35. The normalized spacial score (nSPS) is 22.9. The number of amides is 2. The Labute approximate surface area is 112 Å². The molecule has 0 saturated carbocycles. The Hall–Kier alpha value is -1.34. The molecule has 19 heavy (non-hydrogen) atoms. The molecule has 110 valence electrons. The van der Waals surface area contributed by atoms with Gasteiger partial charge in [-0.2, -0.15) is 0 Å². The van der Waals surface area contributed by atoms with Crippen LogP contribution in [0.4, 0.5) is 4.79 Å². The second kappa shape index (κ2) is 6.72. The Bertz CT molecular complexity index is 334. The predicted molar refractivity (Wildman–Crippen MR) is 67.9 cm³/mol. The standard InChI is InChI=1S/C12H22N2O5/c1-8(2)13(4-5-19-3)12(18)14-7-9(15)6-10(14)11(16)17/h8-10,15H,4-7H2,1-3H3,(H,16,17)/t9-,10-/m1/s1. The number of aliphatic hydroxyl groups is 1. The van der Waals surface area contributed by atoms with E-state index < -0.39 is 18.1 Å². The molecule has 2 N–H and O–H groups in total. The van der Waals surface area contributed by atoms with Gasteiger partial charge in [-0.15, -0.1) is 0 Å². The first kappa shape index (κ1) is 15.7. The third-order valence-electron chi connectivity index (χ3n) is 3.22. The lowest BCUT2D eigenvalue weighted by atomic mass is 10.2. The maximum absolute atomic E-state index is 12.4. The zero-order valence-corrected chi connectivity index (χ0v) is 11.6. The van der Waals surface area contributed by atoms with Crippen molar-refractivity contribution in [1.82, 2.24) is 9.80 Å². The van der Waals surface area contributed by atoms with E-state index in [1.807, 2.05) is 13.8 Å². The average molecular weight is 274 g/mol. The SMILES string of the molecule is COCCN(C(=O)N1C[C@H](O)C[C@@H]1C(=O)O)C(C)C. The number of carboxylic acid groups (broad SMARTS) is 1. The van der Waals surface area contributed by atoms with Gasteiger partial charge in [-0.1, -0.05) is 0 Å². The summed E-state index contributed by atoms with van der Waals surface area (Å²) in [6, 6.07) is -1.38. The molecule has 2 atom stereocenters. The van der Waals surface area contributed by atoms with Gasteiger partial charge in [0.15, 0.2) is 0 Å². The van der Waals surface area contributed by atoms with E-state index in [1.165, 1.54) is 4.90 Å². The summed E-state index contributed by atoms with van der Waals surface area (Å²) >= 11 is 0.